The van der Waals surface area contributed by atoms with E-state index in [-0.39, 0.29) is 18.5 Å². The highest BCUT2D eigenvalue weighted by molar-refractivity contribution is 6.07. The molecule has 6 nitrogen and oxygen atoms in total. The van der Waals surface area contributed by atoms with E-state index in [1.165, 1.54) is 4.90 Å². The summed E-state index contributed by atoms with van der Waals surface area (Å²) in [4.78, 5) is 29.6. The highest BCUT2D eigenvalue weighted by atomic mass is 16.2. The van der Waals surface area contributed by atoms with Gasteiger partial charge in [0.15, 0.2) is 0 Å². The standard InChI is InChI=1S/C13H16N4O2/c14-10-4-3-9(7-15-10)8-17-11(18)13(16-12(17)19)5-1-2-6-13/h3-4,7H,1-2,5-6,8H2,(H2,14,15)(H,16,19). The molecule has 0 unspecified atom stereocenters. The van der Waals surface area contributed by atoms with Gasteiger partial charge in [-0.2, -0.15) is 0 Å². The number of nitrogen functional groups attached to an aromatic ring is 1. The minimum Gasteiger partial charge on any atom is -0.384 e. The van der Waals surface area contributed by atoms with E-state index in [2.05, 4.69) is 10.3 Å². The molecule has 2 heterocycles. The van der Waals surface area contributed by atoms with Gasteiger partial charge in [0.25, 0.3) is 5.91 Å². The molecule has 0 atom stereocenters. The first-order chi connectivity index (χ1) is 9.11. The van der Waals surface area contributed by atoms with E-state index in [1.807, 2.05) is 0 Å². The van der Waals surface area contributed by atoms with Gasteiger partial charge in [0.2, 0.25) is 0 Å². The summed E-state index contributed by atoms with van der Waals surface area (Å²) in [6.07, 6.45) is 5.06. The third kappa shape index (κ3) is 1.93. The molecule has 1 aliphatic heterocycles. The fraction of sp³-hybridized carbons (Fsp3) is 0.462. The quantitative estimate of drug-likeness (QED) is 0.777. The molecule has 1 aromatic rings. The molecule has 100 valence electrons. The van der Waals surface area contributed by atoms with Crippen LogP contribution in [0.2, 0.25) is 0 Å². The lowest BCUT2D eigenvalue weighted by Gasteiger charge is -2.19. The minimum atomic E-state index is -0.641. The number of hydrogen-bond donors (Lipinski definition) is 2. The second kappa shape index (κ2) is 4.22. The molecular formula is C13H16N4O2. The summed E-state index contributed by atoms with van der Waals surface area (Å²) < 4.78 is 0. The first-order valence-corrected chi connectivity index (χ1v) is 6.45. The van der Waals surface area contributed by atoms with E-state index in [4.69, 9.17) is 5.73 Å². The van der Waals surface area contributed by atoms with Gasteiger partial charge in [0, 0.05) is 6.20 Å². The van der Waals surface area contributed by atoms with Crippen molar-refractivity contribution in [3.8, 4) is 0 Å². The van der Waals surface area contributed by atoms with Gasteiger partial charge in [-0.15, -0.1) is 0 Å². The number of amides is 3. The van der Waals surface area contributed by atoms with Crippen molar-refractivity contribution < 1.29 is 9.59 Å². The Hall–Kier alpha value is -2.11. The third-order valence-corrected chi connectivity index (χ3v) is 3.89. The number of hydrogen-bond acceptors (Lipinski definition) is 4. The van der Waals surface area contributed by atoms with Crippen LogP contribution in [0.3, 0.4) is 0 Å². The van der Waals surface area contributed by atoms with Crippen LogP contribution in [0.4, 0.5) is 10.6 Å². The topological polar surface area (TPSA) is 88.3 Å². The van der Waals surface area contributed by atoms with Crippen molar-refractivity contribution in [2.45, 2.75) is 37.8 Å². The zero-order chi connectivity index (χ0) is 13.5. The van der Waals surface area contributed by atoms with Crippen molar-refractivity contribution >= 4 is 17.8 Å². The van der Waals surface area contributed by atoms with Crippen molar-refractivity contribution in [1.82, 2.24) is 15.2 Å². The van der Waals surface area contributed by atoms with E-state index in [0.29, 0.717) is 5.82 Å². The number of rotatable bonds is 2. The van der Waals surface area contributed by atoms with Crippen LogP contribution < -0.4 is 11.1 Å². The van der Waals surface area contributed by atoms with Gasteiger partial charge in [0.1, 0.15) is 11.4 Å². The molecular weight excluding hydrogens is 244 g/mol. The van der Waals surface area contributed by atoms with Crippen molar-refractivity contribution in [2.24, 2.45) is 0 Å². The number of carbonyl (C=O) groups excluding carboxylic acids is 2. The summed E-state index contributed by atoms with van der Waals surface area (Å²) >= 11 is 0. The molecule has 2 fully saturated rings. The normalized spacial score (nSPS) is 21.2. The molecule has 2 aliphatic rings. The Morgan fingerprint density at radius 2 is 2.05 bits per heavy atom. The van der Waals surface area contributed by atoms with Gasteiger partial charge in [-0.25, -0.2) is 9.78 Å². The number of nitrogens with one attached hydrogen (secondary N) is 1. The molecule has 3 rings (SSSR count). The maximum atomic E-state index is 12.4. The van der Waals surface area contributed by atoms with Gasteiger partial charge in [-0.05, 0) is 24.5 Å². The summed E-state index contributed by atoms with van der Waals surface area (Å²) in [5, 5.41) is 2.85. The molecule has 1 aromatic heterocycles. The second-order valence-electron chi connectivity index (χ2n) is 5.20. The average Bonchev–Trinajstić information content (AvgIpc) is 2.94. The van der Waals surface area contributed by atoms with Crippen molar-refractivity contribution in [3.63, 3.8) is 0 Å². The molecule has 1 saturated carbocycles. The lowest BCUT2D eigenvalue weighted by molar-refractivity contribution is -0.131. The minimum absolute atomic E-state index is 0.105. The average molecular weight is 260 g/mol. The Kier molecular flexibility index (Phi) is 2.66. The monoisotopic (exact) mass is 260 g/mol. The maximum absolute atomic E-state index is 12.4. The summed E-state index contributed by atoms with van der Waals surface area (Å²) in [7, 11) is 0. The third-order valence-electron chi connectivity index (χ3n) is 3.89. The number of carbonyl (C=O) groups is 2. The van der Waals surface area contributed by atoms with E-state index >= 15 is 0 Å². The van der Waals surface area contributed by atoms with Crippen LogP contribution in [-0.4, -0.2) is 27.4 Å². The predicted octanol–water partition coefficient (Wildman–Crippen LogP) is 1.03. The van der Waals surface area contributed by atoms with Gasteiger partial charge in [0.05, 0.1) is 6.54 Å². The van der Waals surface area contributed by atoms with Crippen LogP contribution >= 0.6 is 0 Å². The predicted molar refractivity (Wildman–Crippen MR) is 68.9 cm³/mol. The molecule has 0 radical (unpaired) electrons. The van der Waals surface area contributed by atoms with Crippen molar-refractivity contribution in [3.05, 3.63) is 23.9 Å². The highest BCUT2D eigenvalue weighted by Gasteiger charge is 2.52. The molecule has 0 aromatic carbocycles. The first-order valence-electron chi connectivity index (χ1n) is 6.45. The molecule has 1 spiro atoms. The van der Waals surface area contributed by atoms with Gasteiger partial charge < -0.3 is 11.1 Å². The fourth-order valence-electron chi connectivity index (χ4n) is 2.85. The number of urea groups is 1. The molecule has 1 saturated heterocycles. The van der Waals surface area contributed by atoms with Crippen LogP contribution in [0.25, 0.3) is 0 Å². The number of nitrogens with two attached hydrogens (primary N) is 1. The fourth-order valence-corrected chi connectivity index (χ4v) is 2.85. The summed E-state index contributed by atoms with van der Waals surface area (Å²) in [5.41, 5.74) is 5.67. The Balaban J connectivity index is 1.79. The van der Waals surface area contributed by atoms with Crippen molar-refractivity contribution in [2.75, 3.05) is 5.73 Å². The lowest BCUT2D eigenvalue weighted by Crippen LogP contribution is -2.44. The smallest absolute Gasteiger partial charge is 0.325 e. The van der Waals surface area contributed by atoms with E-state index < -0.39 is 5.54 Å². The van der Waals surface area contributed by atoms with Gasteiger partial charge >= 0.3 is 6.03 Å². The highest BCUT2D eigenvalue weighted by Crippen LogP contribution is 2.35. The Bertz CT molecular complexity index is 520. The van der Waals surface area contributed by atoms with Crippen LogP contribution in [0.1, 0.15) is 31.2 Å². The van der Waals surface area contributed by atoms with Crippen LogP contribution in [0, 0.1) is 0 Å². The number of nitrogens with zero attached hydrogens (tertiary/aromatic N) is 2. The zero-order valence-electron chi connectivity index (χ0n) is 10.6. The number of anilines is 1. The summed E-state index contributed by atoms with van der Waals surface area (Å²) in [5.74, 6) is 0.319. The molecule has 0 bridgehead atoms. The second-order valence-corrected chi connectivity index (χ2v) is 5.20. The molecule has 3 amide bonds. The zero-order valence-corrected chi connectivity index (χ0v) is 10.6. The van der Waals surface area contributed by atoms with Crippen LogP contribution in [0.15, 0.2) is 18.3 Å². The van der Waals surface area contributed by atoms with E-state index in [9.17, 15) is 9.59 Å². The summed E-state index contributed by atoms with van der Waals surface area (Å²) in [6.45, 7) is 0.250. The first kappa shape index (κ1) is 12.0. The Morgan fingerprint density at radius 3 is 2.68 bits per heavy atom. The van der Waals surface area contributed by atoms with Gasteiger partial charge in [-0.1, -0.05) is 18.9 Å². The SMILES string of the molecule is Nc1ccc(CN2C(=O)NC3(CCCC3)C2=O)cn1. The summed E-state index contributed by atoms with van der Waals surface area (Å²) in [6, 6.07) is 3.14. The lowest BCUT2D eigenvalue weighted by atomic mass is 9.98. The molecule has 3 N–H and O–H groups in total. The van der Waals surface area contributed by atoms with Crippen LogP contribution in [-0.2, 0) is 11.3 Å². The van der Waals surface area contributed by atoms with Gasteiger partial charge in [-0.3, -0.25) is 9.69 Å². The maximum Gasteiger partial charge on any atom is 0.325 e. The van der Waals surface area contributed by atoms with E-state index in [0.717, 1.165) is 31.2 Å². The number of pyridine rings is 1. The largest absolute Gasteiger partial charge is 0.384 e. The molecule has 1 aliphatic carbocycles. The number of aromatic nitrogens is 1. The Labute approximate surface area is 111 Å². The van der Waals surface area contributed by atoms with E-state index in [1.54, 1.807) is 18.3 Å². The molecule has 19 heavy (non-hydrogen) atoms. The Morgan fingerprint density at radius 1 is 1.32 bits per heavy atom. The van der Waals surface area contributed by atoms with Crippen LogP contribution in [0.5, 0.6) is 0 Å². The van der Waals surface area contributed by atoms with Crippen molar-refractivity contribution in [1.29, 1.82) is 0 Å². The number of imide groups is 1. The molecule has 6 heteroatoms.